The normalized spacial score (nSPS) is 18.4. The minimum Gasteiger partial charge on any atom is -0.477 e. The predicted molar refractivity (Wildman–Crippen MR) is 67.0 cm³/mol. The average molecular weight is 265 g/mol. The molecule has 102 valence electrons. The van der Waals surface area contributed by atoms with Crippen molar-refractivity contribution in [1.29, 1.82) is 0 Å². The smallest absolute Gasteiger partial charge is 0.354 e. The van der Waals surface area contributed by atoms with Crippen molar-refractivity contribution in [2.24, 2.45) is 0 Å². The van der Waals surface area contributed by atoms with Crippen molar-refractivity contribution in [2.75, 3.05) is 18.5 Å². The maximum Gasteiger partial charge on any atom is 0.354 e. The molecule has 2 rings (SSSR count). The summed E-state index contributed by atoms with van der Waals surface area (Å²) in [6, 6.07) is 2.36. The second-order valence-electron chi connectivity index (χ2n) is 4.34. The second kappa shape index (κ2) is 5.66. The number of aromatic nitrogens is 1. The number of hydrogen-bond donors (Lipinski definition) is 3. The van der Waals surface area contributed by atoms with Crippen LogP contribution in [-0.4, -0.2) is 51.3 Å². The fraction of sp³-hybridized carbons (Fsp3) is 0.417. The lowest BCUT2D eigenvalue weighted by molar-refractivity contribution is 0.0690. The van der Waals surface area contributed by atoms with Gasteiger partial charge in [-0.05, 0) is 25.0 Å². The largest absolute Gasteiger partial charge is 0.477 e. The topological polar surface area (TPSA) is 103 Å². The van der Waals surface area contributed by atoms with Crippen molar-refractivity contribution in [3.63, 3.8) is 0 Å². The van der Waals surface area contributed by atoms with Crippen molar-refractivity contribution in [3.05, 3.63) is 24.0 Å². The van der Waals surface area contributed by atoms with Gasteiger partial charge in [-0.25, -0.2) is 14.6 Å². The van der Waals surface area contributed by atoms with Crippen LogP contribution in [0.15, 0.2) is 18.3 Å². The molecule has 1 aliphatic heterocycles. The number of pyridine rings is 1. The minimum absolute atomic E-state index is 0.0520. The number of carbonyl (C=O) groups is 2. The second-order valence-corrected chi connectivity index (χ2v) is 4.34. The maximum atomic E-state index is 12.0. The van der Waals surface area contributed by atoms with Crippen LogP contribution >= 0.6 is 0 Å². The first-order valence-electron chi connectivity index (χ1n) is 5.99. The van der Waals surface area contributed by atoms with Crippen molar-refractivity contribution >= 4 is 17.7 Å². The van der Waals surface area contributed by atoms with Gasteiger partial charge >= 0.3 is 12.0 Å². The number of aliphatic hydroxyl groups excluding tert-OH is 1. The van der Waals surface area contributed by atoms with Crippen LogP contribution in [0, 0.1) is 0 Å². The molecule has 7 nitrogen and oxygen atoms in total. The molecule has 1 fully saturated rings. The third kappa shape index (κ3) is 3.00. The van der Waals surface area contributed by atoms with Crippen LogP contribution in [0.3, 0.4) is 0 Å². The van der Waals surface area contributed by atoms with Gasteiger partial charge in [0.1, 0.15) is 5.69 Å². The van der Waals surface area contributed by atoms with E-state index >= 15 is 0 Å². The lowest BCUT2D eigenvalue weighted by Gasteiger charge is -2.23. The van der Waals surface area contributed by atoms with Crippen molar-refractivity contribution < 1.29 is 19.8 Å². The van der Waals surface area contributed by atoms with Gasteiger partial charge in [0, 0.05) is 6.54 Å². The quantitative estimate of drug-likeness (QED) is 0.749. The summed E-state index contributed by atoms with van der Waals surface area (Å²) in [7, 11) is 0. The molecular formula is C12H15N3O4. The van der Waals surface area contributed by atoms with Gasteiger partial charge in [-0.1, -0.05) is 0 Å². The van der Waals surface area contributed by atoms with E-state index in [0.717, 1.165) is 12.8 Å². The van der Waals surface area contributed by atoms with Crippen molar-refractivity contribution in [2.45, 2.75) is 18.9 Å². The van der Waals surface area contributed by atoms with E-state index in [-0.39, 0.29) is 24.4 Å². The van der Waals surface area contributed by atoms with Gasteiger partial charge < -0.3 is 20.4 Å². The Hall–Kier alpha value is -2.15. The number of hydrogen-bond acceptors (Lipinski definition) is 4. The fourth-order valence-corrected chi connectivity index (χ4v) is 2.08. The molecule has 1 atom stereocenters. The third-order valence-electron chi connectivity index (χ3n) is 3.08. The Labute approximate surface area is 109 Å². The Morgan fingerprint density at radius 1 is 1.47 bits per heavy atom. The summed E-state index contributed by atoms with van der Waals surface area (Å²) in [4.78, 5) is 27.9. The van der Waals surface area contributed by atoms with Gasteiger partial charge in [0.15, 0.2) is 0 Å². The summed E-state index contributed by atoms with van der Waals surface area (Å²) in [6.45, 7) is 0.557. The number of aromatic carboxylic acids is 1. The molecule has 2 amide bonds. The third-order valence-corrected chi connectivity index (χ3v) is 3.08. The highest BCUT2D eigenvalue weighted by Crippen LogP contribution is 2.18. The van der Waals surface area contributed by atoms with Crippen LogP contribution in [0.25, 0.3) is 0 Å². The molecule has 0 radical (unpaired) electrons. The Morgan fingerprint density at radius 2 is 2.26 bits per heavy atom. The molecule has 0 bridgehead atoms. The summed E-state index contributed by atoms with van der Waals surface area (Å²) in [6.07, 6.45) is 2.96. The summed E-state index contributed by atoms with van der Waals surface area (Å²) in [5, 5.41) is 20.5. The number of nitrogens with zero attached hydrogens (tertiary/aromatic N) is 2. The zero-order valence-electron chi connectivity index (χ0n) is 10.2. The van der Waals surface area contributed by atoms with E-state index in [2.05, 4.69) is 10.3 Å². The van der Waals surface area contributed by atoms with Crippen LogP contribution in [0.2, 0.25) is 0 Å². The van der Waals surface area contributed by atoms with E-state index in [1.165, 1.54) is 18.3 Å². The Kier molecular flexibility index (Phi) is 3.96. The lowest BCUT2D eigenvalue weighted by atomic mass is 10.2. The molecule has 0 aromatic carbocycles. The monoisotopic (exact) mass is 265 g/mol. The highest BCUT2D eigenvalue weighted by Gasteiger charge is 2.28. The van der Waals surface area contributed by atoms with Crippen LogP contribution in [0.1, 0.15) is 23.3 Å². The molecule has 2 heterocycles. The van der Waals surface area contributed by atoms with Crippen LogP contribution in [-0.2, 0) is 0 Å². The highest BCUT2D eigenvalue weighted by molar-refractivity contribution is 5.90. The predicted octanol–water partition coefficient (Wildman–Crippen LogP) is 0.768. The van der Waals surface area contributed by atoms with Gasteiger partial charge in [0.2, 0.25) is 0 Å². The molecule has 0 spiro atoms. The molecule has 0 saturated carbocycles. The van der Waals surface area contributed by atoms with E-state index in [4.69, 9.17) is 10.2 Å². The number of urea groups is 1. The Bertz CT molecular complexity index is 474. The SMILES string of the molecule is O=C(O)c1ccc(NC(=O)N2CCCC2CO)cn1. The van der Waals surface area contributed by atoms with Crippen LogP contribution < -0.4 is 5.32 Å². The van der Waals surface area contributed by atoms with E-state index in [9.17, 15) is 9.59 Å². The molecule has 3 N–H and O–H groups in total. The number of amides is 2. The fourth-order valence-electron chi connectivity index (χ4n) is 2.08. The number of carboxylic acids is 1. The standard InChI is InChI=1S/C12H15N3O4/c16-7-9-2-1-5-15(9)12(19)14-8-3-4-10(11(17)18)13-6-8/h3-4,6,9,16H,1-2,5,7H2,(H,14,19)(H,17,18). The number of carbonyl (C=O) groups excluding carboxylic acids is 1. The first kappa shape index (κ1) is 13.3. The number of carboxylic acid groups (broad SMARTS) is 1. The molecule has 0 aliphatic carbocycles. The summed E-state index contributed by atoms with van der Waals surface area (Å²) in [5.41, 5.74) is 0.353. The maximum absolute atomic E-state index is 12.0. The van der Waals surface area contributed by atoms with E-state index in [1.54, 1.807) is 4.90 Å². The van der Waals surface area contributed by atoms with Gasteiger partial charge in [-0.3, -0.25) is 0 Å². The van der Waals surface area contributed by atoms with Gasteiger partial charge in [-0.2, -0.15) is 0 Å². The molecule has 1 aromatic rings. The van der Waals surface area contributed by atoms with Crippen LogP contribution in [0.4, 0.5) is 10.5 Å². The van der Waals surface area contributed by atoms with Gasteiger partial charge in [0.25, 0.3) is 0 Å². The number of rotatable bonds is 3. The summed E-state index contributed by atoms with van der Waals surface area (Å²) in [5.74, 6) is -1.11. The molecule has 7 heteroatoms. The molecule has 1 unspecified atom stereocenters. The first-order valence-corrected chi connectivity index (χ1v) is 5.99. The molecule has 1 aromatic heterocycles. The molecule has 1 aliphatic rings. The molecule has 1 saturated heterocycles. The van der Waals surface area contributed by atoms with Crippen LogP contribution in [0.5, 0.6) is 0 Å². The molecule has 19 heavy (non-hydrogen) atoms. The number of anilines is 1. The average Bonchev–Trinajstić information content (AvgIpc) is 2.87. The Morgan fingerprint density at radius 3 is 2.84 bits per heavy atom. The first-order chi connectivity index (χ1) is 9.11. The Balaban J connectivity index is 2.00. The number of likely N-dealkylation sites (tertiary alicyclic amines) is 1. The summed E-state index contributed by atoms with van der Waals surface area (Å²) < 4.78 is 0. The highest BCUT2D eigenvalue weighted by atomic mass is 16.4. The summed E-state index contributed by atoms with van der Waals surface area (Å²) >= 11 is 0. The van der Waals surface area contributed by atoms with E-state index < -0.39 is 5.97 Å². The number of nitrogens with one attached hydrogen (secondary N) is 1. The van der Waals surface area contributed by atoms with Gasteiger partial charge in [-0.15, -0.1) is 0 Å². The van der Waals surface area contributed by atoms with E-state index in [1.807, 2.05) is 0 Å². The molecular weight excluding hydrogens is 250 g/mol. The zero-order chi connectivity index (χ0) is 13.8. The van der Waals surface area contributed by atoms with Gasteiger partial charge in [0.05, 0.1) is 24.5 Å². The number of aliphatic hydroxyl groups is 1. The minimum atomic E-state index is -1.11. The lowest BCUT2D eigenvalue weighted by Crippen LogP contribution is -2.40. The van der Waals surface area contributed by atoms with Crippen molar-refractivity contribution in [1.82, 2.24) is 9.88 Å². The zero-order valence-corrected chi connectivity index (χ0v) is 10.2. The van der Waals surface area contributed by atoms with Crippen molar-refractivity contribution in [3.8, 4) is 0 Å². The van der Waals surface area contributed by atoms with E-state index in [0.29, 0.717) is 12.2 Å².